The quantitative estimate of drug-likeness (QED) is 0.305. The van der Waals surface area contributed by atoms with E-state index >= 15 is 0 Å². The van der Waals surface area contributed by atoms with Crippen LogP contribution in [0, 0.1) is 0 Å². The second kappa shape index (κ2) is 7.39. The van der Waals surface area contributed by atoms with Crippen LogP contribution in [-0.2, 0) is 4.79 Å². The molecular weight excluding hydrogens is 120 g/mol. The number of amides is 1. The van der Waals surface area contributed by atoms with E-state index in [4.69, 9.17) is 5.84 Å². The van der Waals surface area contributed by atoms with E-state index in [0.29, 0.717) is 6.42 Å². The lowest BCUT2D eigenvalue weighted by atomic mass is 10.2. The third-order valence-electron chi connectivity index (χ3n) is 0.918. The third kappa shape index (κ3) is 7.39. The fourth-order valence-electron chi connectivity index (χ4n) is 0.410. The Labute approximate surface area is 54.7 Å². The highest BCUT2D eigenvalue weighted by Gasteiger charge is 1.93. The Morgan fingerprint density at radius 2 is 2.22 bits per heavy atom. The number of carbonyl (C=O) groups is 1. The highest BCUT2D eigenvalue weighted by Crippen LogP contribution is 1.91. The topological polar surface area (TPSA) is 86.6 Å². The SMILES string of the molecule is CCCCC(=O)NN.O. The van der Waals surface area contributed by atoms with Gasteiger partial charge in [0, 0.05) is 6.42 Å². The molecule has 9 heavy (non-hydrogen) atoms. The molecule has 0 aromatic heterocycles. The van der Waals surface area contributed by atoms with Crippen LogP contribution in [0.3, 0.4) is 0 Å². The summed E-state index contributed by atoms with van der Waals surface area (Å²) in [6.07, 6.45) is 2.50. The smallest absolute Gasteiger partial charge is 0.233 e. The van der Waals surface area contributed by atoms with Gasteiger partial charge in [-0.25, -0.2) is 5.84 Å². The van der Waals surface area contributed by atoms with Gasteiger partial charge in [0.25, 0.3) is 0 Å². The second-order valence-electron chi connectivity index (χ2n) is 1.67. The molecule has 0 fully saturated rings. The number of carbonyl (C=O) groups excluding carboxylic acids is 1. The van der Waals surface area contributed by atoms with Crippen molar-refractivity contribution in [2.24, 2.45) is 5.84 Å². The lowest BCUT2D eigenvalue weighted by Crippen LogP contribution is -2.29. The summed E-state index contributed by atoms with van der Waals surface area (Å²) in [7, 11) is 0. The average Bonchev–Trinajstić information content (AvgIpc) is 1.83. The van der Waals surface area contributed by atoms with E-state index in [1.807, 2.05) is 6.92 Å². The zero-order chi connectivity index (χ0) is 6.41. The van der Waals surface area contributed by atoms with Gasteiger partial charge in [0.2, 0.25) is 5.91 Å². The summed E-state index contributed by atoms with van der Waals surface area (Å²) < 4.78 is 0. The number of unbranched alkanes of at least 4 members (excludes halogenated alkanes) is 1. The van der Waals surface area contributed by atoms with Crippen LogP contribution in [0.1, 0.15) is 26.2 Å². The van der Waals surface area contributed by atoms with Gasteiger partial charge in [-0.15, -0.1) is 0 Å². The highest BCUT2D eigenvalue weighted by molar-refractivity contribution is 5.74. The van der Waals surface area contributed by atoms with E-state index in [2.05, 4.69) is 5.43 Å². The molecule has 4 nitrogen and oxygen atoms in total. The van der Waals surface area contributed by atoms with E-state index in [1.54, 1.807) is 0 Å². The van der Waals surface area contributed by atoms with Gasteiger partial charge >= 0.3 is 0 Å². The first-order valence-corrected chi connectivity index (χ1v) is 2.80. The van der Waals surface area contributed by atoms with Crippen molar-refractivity contribution in [3.05, 3.63) is 0 Å². The Morgan fingerprint density at radius 3 is 2.56 bits per heavy atom. The number of hydrogen-bond donors (Lipinski definition) is 2. The largest absolute Gasteiger partial charge is 0.412 e. The van der Waals surface area contributed by atoms with Gasteiger partial charge in [-0.3, -0.25) is 10.2 Å². The molecule has 1 amide bonds. The van der Waals surface area contributed by atoms with E-state index in [-0.39, 0.29) is 11.4 Å². The number of nitrogens with one attached hydrogen (secondary N) is 1. The van der Waals surface area contributed by atoms with Gasteiger partial charge in [0.1, 0.15) is 0 Å². The molecule has 0 saturated heterocycles. The van der Waals surface area contributed by atoms with Crippen LogP contribution in [0.25, 0.3) is 0 Å². The molecule has 0 spiro atoms. The summed E-state index contributed by atoms with van der Waals surface area (Å²) in [6.45, 7) is 2.03. The van der Waals surface area contributed by atoms with E-state index in [9.17, 15) is 4.79 Å². The van der Waals surface area contributed by atoms with Crippen molar-refractivity contribution in [1.82, 2.24) is 5.43 Å². The summed E-state index contributed by atoms with van der Waals surface area (Å²) in [5.74, 6) is 4.74. The van der Waals surface area contributed by atoms with Crippen molar-refractivity contribution < 1.29 is 10.3 Å². The molecule has 4 heteroatoms. The normalized spacial score (nSPS) is 7.78. The maximum atomic E-state index is 10.3. The van der Waals surface area contributed by atoms with Gasteiger partial charge < -0.3 is 5.48 Å². The van der Waals surface area contributed by atoms with E-state index in [0.717, 1.165) is 12.8 Å². The molecule has 5 N–H and O–H groups in total. The Balaban J connectivity index is 0. The summed E-state index contributed by atoms with van der Waals surface area (Å²) in [4.78, 5) is 10.3. The highest BCUT2D eigenvalue weighted by atomic mass is 16.2. The first kappa shape index (κ1) is 11.2. The molecule has 56 valence electrons. The summed E-state index contributed by atoms with van der Waals surface area (Å²) >= 11 is 0. The van der Waals surface area contributed by atoms with Crippen molar-refractivity contribution in [3.8, 4) is 0 Å². The minimum absolute atomic E-state index is 0. The van der Waals surface area contributed by atoms with E-state index < -0.39 is 0 Å². The fourth-order valence-corrected chi connectivity index (χ4v) is 0.410. The van der Waals surface area contributed by atoms with Crippen LogP contribution in [0.4, 0.5) is 0 Å². The molecule has 0 heterocycles. The Kier molecular flexibility index (Phi) is 9.21. The molecule has 0 atom stereocenters. The summed E-state index contributed by atoms with van der Waals surface area (Å²) in [5, 5.41) is 0. The van der Waals surface area contributed by atoms with Crippen molar-refractivity contribution in [2.75, 3.05) is 0 Å². The van der Waals surface area contributed by atoms with Crippen LogP contribution >= 0.6 is 0 Å². The van der Waals surface area contributed by atoms with Gasteiger partial charge in [-0.1, -0.05) is 13.3 Å². The van der Waals surface area contributed by atoms with Crippen molar-refractivity contribution in [1.29, 1.82) is 0 Å². The molecule has 0 aliphatic carbocycles. The van der Waals surface area contributed by atoms with Crippen LogP contribution in [0.15, 0.2) is 0 Å². The van der Waals surface area contributed by atoms with Crippen molar-refractivity contribution >= 4 is 5.91 Å². The number of rotatable bonds is 3. The first-order valence-electron chi connectivity index (χ1n) is 2.80. The molecule has 0 aliphatic heterocycles. The number of hydrogen-bond acceptors (Lipinski definition) is 2. The Bertz CT molecular complexity index is 75.4. The van der Waals surface area contributed by atoms with Crippen molar-refractivity contribution in [2.45, 2.75) is 26.2 Å². The molecule has 0 aromatic carbocycles. The molecule has 0 saturated carbocycles. The van der Waals surface area contributed by atoms with Crippen LogP contribution in [0.2, 0.25) is 0 Å². The average molecular weight is 134 g/mol. The summed E-state index contributed by atoms with van der Waals surface area (Å²) in [6, 6.07) is 0. The van der Waals surface area contributed by atoms with Crippen molar-refractivity contribution in [3.63, 3.8) is 0 Å². The maximum absolute atomic E-state index is 10.3. The van der Waals surface area contributed by atoms with Crippen LogP contribution in [-0.4, -0.2) is 11.4 Å². The molecule has 0 rings (SSSR count). The molecule has 0 aromatic rings. The maximum Gasteiger partial charge on any atom is 0.233 e. The first-order chi connectivity index (χ1) is 3.81. The standard InChI is InChI=1S/C5H12N2O.H2O/c1-2-3-4-5(8)7-6;/h2-4,6H2,1H3,(H,7,8);1H2. The summed E-state index contributed by atoms with van der Waals surface area (Å²) in [5.41, 5.74) is 2.06. The predicted molar refractivity (Wildman–Crippen MR) is 35.5 cm³/mol. The third-order valence-corrected chi connectivity index (χ3v) is 0.918. The minimum atomic E-state index is -0.0770. The molecule has 0 radical (unpaired) electrons. The number of hydrazine groups is 1. The fraction of sp³-hybridized carbons (Fsp3) is 0.800. The van der Waals surface area contributed by atoms with E-state index in [1.165, 1.54) is 0 Å². The monoisotopic (exact) mass is 134 g/mol. The zero-order valence-electron chi connectivity index (χ0n) is 5.61. The number of nitrogens with two attached hydrogens (primary N) is 1. The van der Waals surface area contributed by atoms with Crippen LogP contribution < -0.4 is 11.3 Å². The predicted octanol–water partition coefficient (Wildman–Crippen LogP) is -0.658. The molecule has 0 aliphatic rings. The molecular formula is C5H14N2O2. The van der Waals surface area contributed by atoms with Gasteiger partial charge in [-0.2, -0.15) is 0 Å². The molecule has 0 unspecified atom stereocenters. The van der Waals surface area contributed by atoms with Gasteiger partial charge in [-0.05, 0) is 6.42 Å². The zero-order valence-corrected chi connectivity index (χ0v) is 5.61. The second-order valence-corrected chi connectivity index (χ2v) is 1.67. The lowest BCUT2D eigenvalue weighted by Gasteiger charge is -1.93. The van der Waals surface area contributed by atoms with Gasteiger partial charge in [0.15, 0.2) is 0 Å². The Morgan fingerprint density at radius 1 is 1.67 bits per heavy atom. The van der Waals surface area contributed by atoms with Gasteiger partial charge in [0.05, 0.1) is 0 Å². The minimum Gasteiger partial charge on any atom is -0.412 e. The molecule has 0 bridgehead atoms. The lowest BCUT2D eigenvalue weighted by molar-refractivity contribution is -0.121. The Hall–Kier alpha value is -0.610. The van der Waals surface area contributed by atoms with Crippen LogP contribution in [0.5, 0.6) is 0 Å².